The molecule has 0 amide bonds. The molecule has 1 fully saturated rings. The van der Waals surface area contributed by atoms with Crippen LogP contribution >= 0.6 is 0 Å². The van der Waals surface area contributed by atoms with Crippen LogP contribution in [0.1, 0.15) is 18.4 Å². The number of hydrogen-bond donors (Lipinski definition) is 0. The van der Waals surface area contributed by atoms with Gasteiger partial charge in [-0.15, -0.1) is 0 Å². The van der Waals surface area contributed by atoms with Crippen molar-refractivity contribution in [1.29, 1.82) is 0 Å². The number of pyridine rings is 1. The van der Waals surface area contributed by atoms with Crippen molar-refractivity contribution >= 4 is 17.1 Å². The number of isocyanates is 1. The fourth-order valence-corrected chi connectivity index (χ4v) is 2.06. The number of hydrogen-bond acceptors (Lipinski definition) is 3. The zero-order valence-corrected chi connectivity index (χ0v) is 8.97. The lowest BCUT2D eigenvalue weighted by Crippen LogP contribution is -2.03. The Labute approximate surface area is 92.6 Å². The van der Waals surface area contributed by atoms with Crippen molar-refractivity contribution in [2.75, 3.05) is 0 Å². The third-order valence-corrected chi connectivity index (χ3v) is 3.25. The Balaban J connectivity index is 2.18. The molecule has 0 radical (unpaired) electrons. The highest BCUT2D eigenvalue weighted by molar-refractivity contribution is 5.76. The predicted octanol–water partition coefficient (Wildman–Crippen LogP) is 1.90. The summed E-state index contributed by atoms with van der Waals surface area (Å²) in [7, 11) is 1.98. The second-order valence-corrected chi connectivity index (χ2v) is 4.29. The number of fused-ring (bicyclic) bond motifs is 1. The molecule has 0 unspecified atom stereocenters. The van der Waals surface area contributed by atoms with E-state index in [-0.39, 0.29) is 5.54 Å². The van der Waals surface area contributed by atoms with Gasteiger partial charge < -0.3 is 4.57 Å². The lowest BCUT2D eigenvalue weighted by molar-refractivity contribution is 0.556. The first-order valence-electron chi connectivity index (χ1n) is 5.26. The van der Waals surface area contributed by atoms with Gasteiger partial charge in [0.1, 0.15) is 0 Å². The van der Waals surface area contributed by atoms with E-state index in [2.05, 4.69) is 16.0 Å². The minimum Gasteiger partial charge on any atom is -0.349 e. The van der Waals surface area contributed by atoms with Gasteiger partial charge >= 0.3 is 0 Å². The van der Waals surface area contributed by atoms with Crippen molar-refractivity contribution < 1.29 is 4.79 Å². The van der Waals surface area contributed by atoms with E-state index in [9.17, 15) is 4.79 Å². The number of aryl methyl sites for hydroxylation is 1. The van der Waals surface area contributed by atoms with Crippen LogP contribution in [0, 0.1) is 0 Å². The highest BCUT2D eigenvalue weighted by atomic mass is 16.1. The largest absolute Gasteiger partial charge is 0.349 e. The maximum absolute atomic E-state index is 10.4. The first kappa shape index (κ1) is 9.31. The summed E-state index contributed by atoms with van der Waals surface area (Å²) >= 11 is 0. The molecule has 0 bridgehead atoms. The molecule has 0 aromatic carbocycles. The Morgan fingerprint density at radius 2 is 2.38 bits per heavy atom. The van der Waals surface area contributed by atoms with Gasteiger partial charge in [0.2, 0.25) is 6.08 Å². The standard InChI is InChI=1S/C12H11N3O/c1-15-5-2-10-11(15)6-9(7-13-10)12(3-4-12)14-8-16/h2,5-7H,3-4H2,1H3. The van der Waals surface area contributed by atoms with Gasteiger partial charge in [-0.05, 0) is 25.0 Å². The molecule has 4 heteroatoms. The second-order valence-electron chi connectivity index (χ2n) is 4.29. The van der Waals surface area contributed by atoms with Gasteiger partial charge in [-0.1, -0.05) is 0 Å². The molecule has 3 rings (SSSR count). The first-order chi connectivity index (χ1) is 7.75. The molecule has 0 saturated heterocycles. The summed E-state index contributed by atoms with van der Waals surface area (Å²) < 4.78 is 2.02. The van der Waals surface area contributed by atoms with Gasteiger partial charge in [-0.3, -0.25) is 4.98 Å². The average molecular weight is 213 g/mol. The summed E-state index contributed by atoms with van der Waals surface area (Å²) in [5, 5.41) is 0. The smallest absolute Gasteiger partial charge is 0.235 e. The molecule has 0 atom stereocenters. The quantitative estimate of drug-likeness (QED) is 0.565. The molecular formula is C12H11N3O. The van der Waals surface area contributed by atoms with E-state index in [1.165, 1.54) is 0 Å². The van der Waals surface area contributed by atoms with Gasteiger partial charge in [0, 0.05) is 25.0 Å². The molecule has 16 heavy (non-hydrogen) atoms. The predicted molar refractivity (Wildman–Crippen MR) is 59.7 cm³/mol. The lowest BCUT2D eigenvalue weighted by atomic mass is 10.1. The van der Waals surface area contributed by atoms with Crippen molar-refractivity contribution in [3.8, 4) is 0 Å². The number of nitrogens with zero attached hydrogens (tertiary/aromatic N) is 3. The summed E-state index contributed by atoms with van der Waals surface area (Å²) in [6.45, 7) is 0. The molecule has 0 aliphatic heterocycles. The van der Waals surface area contributed by atoms with Crippen molar-refractivity contribution in [2.45, 2.75) is 18.4 Å². The highest BCUT2D eigenvalue weighted by Gasteiger charge is 2.45. The monoisotopic (exact) mass is 213 g/mol. The minimum atomic E-state index is -0.326. The average Bonchev–Trinajstić information content (AvgIpc) is 2.99. The summed E-state index contributed by atoms with van der Waals surface area (Å²) in [4.78, 5) is 18.7. The highest BCUT2D eigenvalue weighted by Crippen LogP contribution is 2.49. The fourth-order valence-electron chi connectivity index (χ4n) is 2.06. The second kappa shape index (κ2) is 3.03. The number of aromatic nitrogens is 2. The van der Waals surface area contributed by atoms with Crippen molar-refractivity contribution in [2.24, 2.45) is 12.0 Å². The van der Waals surface area contributed by atoms with E-state index in [0.29, 0.717) is 0 Å². The van der Waals surface area contributed by atoms with Crippen molar-refractivity contribution in [3.63, 3.8) is 0 Å². The lowest BCUT2D eigenvalue weighted by Gasteiger charge is -2.07. The van der Waals surface area contributed by atoms with Crippen molar-refractivity contribution in [1.82, 2.24) is 9.55 Å². The fraction of sp³-hybridized carbons (Fsp3) is 0.333. The Hall–Kier alpha value is -1.93. The van der Waals surface area contributed by atoms with Crippen LogP contribution in [0.2, 0.25) is 0 Å². The van der Waals surface area contributed by atoms with E-state index in [1.54, 1.807) is 6.08 Å². The Bertz CT molecular complexity index is 604. The molecule has 1 aliphatic carbocycles. The molecule has 2 heterocycles. The summed E-state index contributed by atoms with van der Waals surface area (Å²) in [6, 6.07) is 4.04. The molecule has 2 aromatic heterocycles. The Morgan fingerprint density at radius 3 is 3.06 bits per heavy atom. The maximum atomic E-state index is 10.4. The number of rotatable bonds is 2. The van der Waals surface area contributed by atoms with Crippen molar-refractivity contribution in [3.05, 3.63) is 30.1 Å². The third kappa shape index (κ3) is 1.20. The van der Waals surface area contributed by atoms with Crippen LogP contribution in [0.5, 0.6) is 0 Å². The third-order valence-electron chi connectivity index (χ3n) is 3.25. The van der Waals surface area contributed by atoms with Crippen LogP contribution in [0.4, 0.5) is 0 Å². The topological polar surface area (TPSA) is 47.2 Å². The van der Waals surface area contributed by atoms with E-state index in [4.69, 9.17) is 0 Å². The molecule has 80 valence electrons. The van der Waals surface area contributed by atoms with E-state index in [0.717, 1.165) is 29.4 Å². The summed E-state index contributed by atoms with van der Waals surface area (Å²) in [5.41, 5.74) is 2.74. The molecule has 1 aliphatic rings. The zero-order chi connectivity index (χ0) is 11.2. The Kier molecular flexibility index (Phi) is 1.76. The van der Waals surface area contributed by atoms with Gasteiger partial charge in [0.25, 0.3) is 0 Å². The zero-order valence-electron chi connectivity index (χ0n) is 8.97. The summed E-state index contributed by atoms with van der Waals surface area (Å²) in [5.74, 6) is 0. The first-order valence-corrected chi connectivity index (χ1v) is 5.26. The van der Waals surface area contributed by atoms with Crippen LogP contribution in [-0.2, 0) is 17.4 Å². The van der Waals surface area contributed by atoms with Crippen LogP contribution in [-0.4, -0.2) is 15.6 Å². The van der Waals surface area contributed by atoms with Crippen LogP contribution in [0.15, 0.2) is 29.5 Å². The van der Waals surface area contributed by atoms with Crippen LogP contribution in [0.25, 0.3) is 11.0 Å². The molecule has 0 spiro atoms. The van der Waals surface area contributed by atoms with E-state index >= 15 is 0 Å². The van der Waals surface area contributed by atoms with Gasteiger partial charge in [-0.2, -0.15) is 4.99 Å². The number of carbonyl (C=O) groups excluding carboxylic acids is 1. The van der Waals surface area contributed by atoms with Crippen LogP contribution < -0.4 is 0 Å². The molecule has 1 saturated carbocycles. The SMILES string of the molecule is Cn1ccc2ncc(C3(N=C=O)CC3)cc21. The van der Waals surface area contributed by atoms with Gasteiger partial charge in [-0.25, -0.2) is 4.79 Å². The van der Waals surface area contributed by atoms with E-state index in [1.807, 2.05) is 30.1 Å². The molecular weight excluding hydrogens is 202 g/mol. The normalized spacial score (nSPS) is 17.1. The number of aliphatic imine (C=N–C) groups is 1. The molecule has 2 aromatic rings. The van der Waals surface area contributed by atoms with E-state index < -0.39 is 0 Å². The summed E-state index contributed by atoms with van der Waals surface area (Å²) in [6.07, 6.45) is 7.29. The van der Waals surface area contributed by atoms with Gasteiger partial charge in [0.15, 0.2) is 0 Å². The van der Waals surface area contributed by atoms with Crippen LogP contribution in [0.3, 0.4) is 0 Å². The molecule has 4 nitrogen and oxygen atoms in total. The Morgan fingerprint density at radius 1 is 1.56 bits per heavy atom. The molecule has 0 N–H and O–H groups in total. The maximum Gasteiger partial charge on any atom is 0.235 e. The minimum absolute atomic E-state index is 0.326. The van der Waals surface area contributed by atoms with Gasteiger partial charge in [0.05, 0.1) is 16.6 Å².